The van der Waals surface area contributed by atoms with Gasteiger partial charge in [0.1, 0.15) is 11.5 Å². The van der Waals surface area contributed by atoms with Crippen LogP contribution in [0.4, 0.5) is 5.82 Å². The first-order chi connectivity index (χ1) is 9.72. The van der Waals surface area contributed by atoms with Gasteiger partial charge in [-0.15, -0.1) is 0 Å². The van der Waals surface area contributed by atoms with E-state index in [9.17, 15) is 0 Å². The molecule has 2 heterocycles. The Morgan fingerprint density at radius 2 is 1.70 bits per heavy atom. The van der Waals surface area contributed by atoms with Crippen molar-refractivity contribution in [3.63, 3.8) is 0 Å². The Morgan fingerprint density at radius 1 is 0.900 bits per heavy atom. The number of anilines is 1. The third-order valence-electron chi connectivity index (χ3n) is 2.96. The van der Waals surface area contributed by atoms with Crippen molar-refractivity contribution in [3.05, 3.63) is 60.3 Å². The van der Waals surface area contributed by atoms with Crippen LogP contribution in [0.1, 0.15) is 5.56 Å². The fraction of sp³-hybridized carbons (Fsp3) is 0.0625. The van der Waals surface area contributed by atoms with Crippen LogP contribution in [0.15, 0.2) is 54.7 Å². The molecule has 0 bridgehead atoms. The first-order valence-corrected chi connectivity index (χ1v) is 6.35. The van der Waals surface area contributed by atoms with Gasteiger partial charge >= 0.3 is 0 Å². The molecule has 2 N–H and O–H groups in total. The number of aryl methyl sites for hydroxylation is 1. The Labute approximate surface area is 117 Å². The van der Waals surface area contributed by atoms with Crippen LogP contribution in [0, 0.1) is 6.92 Å². The van der Waals surface area contributed by atoms with E-state index in [1.165, 1.54) is 0 Å². The molecule has 0 aliphatic rings. The van der Waals surface area contributed by atoms with Gasteiger partial charge in [-0.1, -0.05) is 30.3 Å². The van der Waals surface area contributed by atoms with E-state index in [-0.39, 0.29) is 0 Å². The van der Waals surface area contributed by atoms with Gasteiger partial charge in [-0.25, -0.2) is 9.97 Å². The average Bonchev–Trinajstić information content (AvgIpc) is 2.47. The Morgan fingerprint density at radius 3 is 2.45 bits per heavy atom. The highest BCUT2D eigenvalue weighted by Gasteiger charge is 2.08. The Balaban J connectivity index is 2.12. The minimum atomic E-state index is 0.442. The normalized spacial score (nSPS) is 10.4. The van der Waals surface area contributed by atoms with Gasteiger partial charge in [-0.05, 0) is 24.6 Å². The number of rotatable bonds is 2. The molecule has 3 rings (SSSR count). The highest BCUT2D eigenvalue weighted by molar-refractivity contribution is 5.65. The van der Waals surface area contributed by atoms with Crippen LogP contribution in [0.5, 0.6) is 0 Å². The molecule has 0 saturated carbocycles. The van der Waals surface area contributed by atoms with Crippen LogP contribution in [0.25, 0.3) is 22.8 Å². The Hall–Kier alpha value is -2.75. The van der Waals surface area contributed by atoms with Gasteiger partial charge in [0.05, 0.1) is 5.69 Å². The molecule has 4 heteroatoms. The molecule has 0 spiro atoms. The summed E-state index contributed by atoms with van der Waals surface area (Å²) in [5.41, 5.74) is 9.55. The molecule has 0 aliphatic heterocycles. The van der Waals surface area contributed by atoms with Gasteiger partial charge in [-0.2, -0.15) is 0 Å². The summed E-state index contributed by atoms with van der Waals surface area (Å²) < 4.78 is 0. The minimum absolute atomic E-state index is 0.442. The van der Waals surface area contributed by atoms with Crippen molar-refractivity contribution in [2.75, 3.05) is 5.73 Å². The second-order valence-corrected chi connectivity index (χ2v) is 4.59. The summed E-state index contributed by atoms with van der Waals surface area (Å²) in [6.45, 7) is 2.01. The maximum Gasteiger partial charge on any atom is 0.180 e. The van der Waals surface area contributed by atoms with Crippen LogP contribution in [0.3, 0.4) is 0 Å². The maximum absolute atomic E-state index is 5.89. The first kappa shape index (κ1) is 12.3. The second kappa shape index (κ2) is 5.09. The third-order valence-corrected chi connectivity index (χ3v) is 2.96. The SMILES string of the molecule is Cc1ccnc(-c2nc(N)cc(-c3ccccc3)n2)c1. The molecule has 3 aromatic rings. The zero-order valence-corrected chi connectivity index (χ0v) is 11.1. The summed E-state index contributed by atoms with van der Waals surface area (Å²) in [5.74, 6) is 0.990. The van der Waals surface area contributed by atoms with Crippen molar-refractivity contribution in [2.24, 2.45) is 0 Å². The molecule has 20 heavy (non-hydrogen) atoms. The van der Waals surface area contributed by atoms with E-state index in [0.717, 1.165) is 22.5 Å². The molecule has 4 nitrogen and oxygen atoms in total. The minimum Gasteiger partial charge on any atom is -0.384 e. The van der Waals surface area contributed by atoms with Gasteiger partial charge in [0.15, 0.2) is 5.82 Å². The van der Waals surface area contributed by atoms with Crippen molar-refractivity contribution in [1.29, 1.82) is 0 Å². The fourth-order valence-electron chi connectivity index (χ4n) is 2.00. The number of hydrogen-bond donors (Lipinski definition) is 1. The molecule has 0 unspecified atom stereocenters. The van der Waals surface area contributed by atoms with E-state index < -0.39 is 0 Å². The van der Waals surface area contributed by atoms with Crippen molar-refractivity contribution in [1.82, 2.24) is 15.0 Å². The molecule has 0 aliphatic carbocycles. The standard InChI is InChI=1S/C16H14N4/c1-11-7-8-18-14(9-11)16-19-13(10-15(17)20-16)12-5-3-2-4-6-12/h2-10H,1H3,(H2,17,19,20). The van der Waals surface area contributed by atoms with Crippen molar-refractivity contribution in [2.45, 2.75) is 6.92 Å². The predicted octanol–water partition coefficient (Wildman–Crippen LogP) is 3.10. The molecule has 0 amide bonds. The van der Waals surface area contributed by atoms with Gasteiger partial charge in [0, 0.05) is 17.8 Å². The van der Waals surface area contributed by atoms with E-state index in [2.05, 4.69) is 15.0 Å². The first-order valence-electron chi connectivity index (χ1n) is 6.35. The highest BCUT2D eigenvalue weighted by Crippen LogP contribution is 2.22. The number of aromatic nitrogens is 3. The molecule has 0 saturated heterocycles. The predicted molar refractivity (Wildman–Crippen MR) is 79.8 cm³/mol. The number of nitrogen functional groups attached to an aromatic ring is 1. The zero-order chi connectivity index (χ0) is 13.9. The van der Waals surface area contributed by atoms with Crippen LogP contribution >= 0.6 is 0 Å². The molecule has 0 fully saturated rings. The quantitative estimate of drug-likeness (QED) is 0.770. The van der Waals surface area contributed by atoms with Crippen LogP contribution in [-0.2, 0) is 0 Å². The van der Waals surface area contributed by atoms with Gasteiger partial charge in [0.25, 0.3) is 0 Å². The number of nitrogens with zero attached hydrogens (tertiary/aromatic N) is 3. The maximum atomic E-state index is 5.89. The molecule has 1 aromatic carbocycles. The van der Waals surface area contributed by atoms with Crippen molar-refractivity contribution in [3.8, 4) is 22.8 Å². The molecule has 98 valence electrons. The van der Waals surface area contributed by atoms with Crippen molar-refractivity contribution < 1.29 is 0 Å². The van der Waals surface area contributed by atoms with Gasteiger partial charge in [0.2, 0.25) is 0 Å². The van der Waals surface area contributed by atoms with Crippen LogP contribution in [-0.4, -0.2) is 15.0 Å². The molecule has 2 aromatic heterocycles. The van der Waals surface area contributed by atoms with E-state index in [1.54, 1.807) is 12.3 Å². The number of nitrogens with two attached hydrogens (primary N) is 1. The third kappa shape index (κ3) is 2.49. The molecule has 0 atom stereocenters. The Kier molecular flexibility index (Phi) is 3.13. The summed E-state index contributed by atoms with van der Waals surface area (Å²) in [4.78, 5) is 13.1. The average molecular weight is 262 g/mol. The molecular weight excluding hydrogens is 248 g/mol. The van der Waals surface area contributed by atoms with Crippen LogP contribution in [0.2, 0.25) is 0 Å². The highest BCUT2D eigenvalue weighted by atomic mass is 15.0. The molecular formula is C16H14N4. The lowest BCUT2D eigenvalue weighted by Gasteiger charge is -2.06. The van der Waals surface area contributed by atoms with Crippen molar-refractivity contribution >= 4 is 5.82 Å². The van der Waals surface area contributed by atoms with Crippen LogP contribution < -0.4 is 5.73 Å². The summed E-state index contributed by atoms with van der Waals surface area (Å²) in [5, 5.41) is 0. The van der Waals surface area contributed by atoms with E-state index in [0.29, 0.717) is 11.6 Å². The largest absolute Gasteiger partial charge is 0.384 e. The number of benzene rings is 1. The van der Waals surface area contributed by atoms with Gasteiger partial charge < -0.3 is 5.73 Å². The number of pyridine rings is 1. The summed E-state index contributed by atoms with van der Waals surface area (Å²) in [6.07, 6.45) is 1.75. The van der Waals surface area contributed by atoms with Gasteiger partial charge in [-0.3, -0.25) is 4.98 Å². The van der Waals surface area contributed by atoms with E-state index in [1.807, 2.05) is 49.4 Å². The lowest BCUT2D eigenvalue weighted by molar-refractivity contribution is 1.14. The Bertz CT molecular complexity index is 738. The monoisotopic (exact) mass is 262 g/mol. The number of hydrogen-bond acceptors (Lipinski definition) is 4. The molecule has 0 radical (unpaired) electrons. The summed E-state index contributed by atoms with van der Waals surface area (Å²) >= 11 is 0. The topological polar surface area (TPSA) is 64.7 Å². The lowest BCUT2D eigenvalue weighted by Crippen LogP contribution is -1.99. The summed E-state index contributed by atoms with van der Waals surface area (Å²) in [7, 11) is 0. The lowest BCUT2D eigenvalue weighted by atomic mass is 10.1. The smallest absolute Gasteiger partial charge is 0.180 e. The fourth-order valence-corrected chi connectivity index (χ4v) is 2.00. The zero-order valence-electron chi connectivity index (χ0n) is 11.1. The summed E-state index contributed by atoms with van der Waals surface area (Å²) in [6, 6.07) is 15.6. The van der Waals surface area contributed by atoms with E-state index >= 15 is 0 Å². The van der Waals surface area contributed by atoms with E-state index in [4.69, 9.17) is 5.73 Å². The second-order valence-electron chi connectivity index (χ2n) is 4.59.